The molecule has 1 aliphatic heterocycles. The van der Waals surface area contributed by atoms with E-state index < -0.39 is 5.82 Å². The lowest BCUT2D eigenvalue weighted by Gasteiger charge is -2.17. The lowest BCUT2D eigenvalue weighted by atomic mass is 10.1. The Bertz CT molecular complexity index is 856. The Labute approximate surface area is 156 Å². The molecule has 1 saturated heterocycles. The molecule has 0 aliphatic carbocycles. The van der Waals surface area contributed by atoms with Gasteiger partial charge < -0.3 is 19.7 Å². The first-order valence-electron chi connectivity index (χ1n) is 8.56. The Kier molecular flexibility index (Phi) is 5.59. The first-order chi connectivity index (χ1) is 13.0. The van der Waals surface area contributed by atoms with Crippen molar-refractivity contribution in [3.8, 4) is 11.5 Å². The van der Waals surface area contributed by atoms with Gasteiger partial charge in [-0.2, -0.15) is 0 Å². The summed E-state index contributed by atoms with van der Waals surface area (Å²) in [7, 11) is 3.08. The minimum absolute atomic E-state index is 0.142. The number of nitrogens with one attached hydrogen (secondary N) is 1. The maximum atomic E-state index is 13.4. The van der Waals surface area contributed by atoms with Gasteiger partial charge in [0.2, 0.25) is 11.8 Å². The third-order valence-corrected chi connectivity index (χ3v) is 4.42. The molecule has 0 radical (unpaired) electrons. The number of hydrogen-bond acceptors (Lipinski definition) is 4. The van der Waals surface area contributed by atoms with E-state index in [1.807, 2.05) is 0 Å². The van der Waals surface area contributed by atoms with Crippen LogP contribution in [0.3, 0.4) is 0 Å². The molecule has 1 fully saturated rings. The molecule has 1 aliphatic rings. The predicted octanol–water partition coefficient (Wildman–Crippen LogP) is 2.31. The molecule has 7 heteroatoms. The smallest absolute Gasteiger partial charge is 0.229 e. The summed E-state index contributed by atoms with van der Waals surface area (Å²) in [4.78, 5) is 26.1. The summed E-state index contributed by atoms with van der Waals surface area (Å²) < 4.78 is 23.8. The molecular weight excluding hydrogens is 351 g/mol. The van der Waals surface area contributed by atoms with Crippen LogP contribution < -0.4 is 19.7 Å². The van der Waals surface area contributed by atoms with Gasteiger partial charge in [-0.3, -0.25) is 9.59 Å². The van der Waals surface area contributed by atoms with Crippen molar-refractivity contribution in [1.82, 2.24) is 5.32 Å². The van der Waals surface area contributed by atoms with Crippen molar-refractivity contribution in [2.45, 2.75) is 18.9 Å². The minimum atomic E-state index is -0.402. The molecule has 2 aromatic rings. The van der Waals surface area contributed by atoms with Gasteiger partial charge in [-0.1, -0.05) is 12.1 Å². The summed E-state index contributed by atoms with van der Waals surface area (Å²) in [6.45, 7) is 0.319. The van der Waals surface area contributed by atoms with E-state index in [9.17, 15) is 14.0 Å². The van der Waals surface area contributed by atoms with Gasteiger partial charge in [0, 0.05) is 18.7 Å². The monoisotopic (exact) mass is 372 g/mol. The van der Waals surface area contributed by atoms with Crippen LogP contribution in [-0.2, 0) is 16.0 Å². The molecule has 2 amide bonds. The highest BCUT2D eigenvalue weighted by molar-refractivity contribution is 5.96. The van der Waals surface area contributed by atoms with Gasteiger partial charge in [0.15, 0.2) is 11.5 Å². The number of nitrogens with zero attached hydrogens (tertiary/aromatic N) is 1. The molecular formula is C20H21FN2O4. The third kappa shape index (κ3) is 4.36. The van der Waals surface area contributed by atoms with Crippen molar-refractivity contribution in [3.05, 3.63) is 53.8 Å². The average Bonchev–Trinajstić information content (AvgIpc) is 3.01. The second-order valence-corrected chi connectivity index (χ2v) is 6.32. The van der Waals surface area contributed by atoms with Crippen molar-refractivity contribution in [3.63, 3.8) is 0 Å². The molecule has 0 aromatic heterocycles. The van der Waals surface area contributed by atoms with Crippen molar-refractivity contribution in [2.75, 3.05) is 25.7 Å². The zero-order valence-electron chi connectivity index (χ0n) is 15.2. The van der Waals surface area contributed by atoms with Crippen LogP contribution in [0.4, 0.5) is 10.1 Å². The Morgan fingerprint density at radius 1 is 1.19 bits per heavy atom. The van der Waals surface area contributed by atoms with Crippen LogP contribution in [-0.4, -0.2) is 38.6 Å². The summed E-state index contributed by atoms with van der Waals surface area (Å²) in [6.07, 6.45) is 0.346. The van der Waals surface area contributed by atoms with Gasteiger partial charge in [0.25, 0.3) is 0 Å². The van der Waals surface area contributed by atoms with E-state index >= 15 is 0 Å². The Morgan fingerprint density at radius 2 is 1.96 bits per heavy atom. The van der Waals surface area contributed by atoms with Gasteiger partial charge in [0.05, 0.1) is 26.7 Å². The largest absolute Gasteiger partial charge is 0.493 e. The summed E-state index contributed by atoms with van der Waals surface area (Å²) in [6, 6.07) is 10.8. The molecule has 0 unspecified atom stereocenters. The molecule has 3 rings (SSSR count). The number of ether oxygens (including phenoxy) is 2. The second-order valence-electron chi connectivity index (χ2n) is 6.32. The van der Waals surface area contributed by atoms with Crippen LogP contribution in [0.2, 0.25) is 0 Å². The number of halogens is 1. The summed E-state index contributed by atoms with van der Waals surface area (Å²) in [5, 5.41) is 2.87. The van der Waals surface area contributed by atoms with E-state index in [0.717, 1.165) is 5.56 Å². The molecule has 1 N–H and O–H groups in total. The number of benzene rings is 2. The van der Waals surface area contributed by atoms with Crippen LogP contribution in [0.15, 0.2) is 42.5 Å². The molecule has 0 bridgehead atoms. The highest BCUT2D eigenvalue weighted by Gasteiger charge is 2.31. The summed E-state index contributed by atoms with van der Waals surface area (Å²) in [5.41, 5.74) is 1.27. The fourth-order valence-electron chi connectivity index (χ4n) is 3.15. The Hall–Kier alpha value is -3.09. The minimum Gasteiger partial charge on any atom is -0.493 e. The van der Waals surface area contributed by atoms with E-state index in [1.54, 1.807) is 37.4 Å². The van der Waals surface area contributed by atoms with Crippen molar-refractivity contribution in [2.24, 2.45) is 0 Å². The van der Waals surface area contributed by atoms with Crippen LogP contribution >= 0.6 is 0 Å². The highest BCUT2D eigenvalue weighted by atomic mass is 19.1. The van der Waals surface area contributed by atoms with Gasteiger partial charge in [-0.15, -0.1) is 0 Å². The molecule has 27 heavy (non-hydrogen) atoms. The van der Waals surface area contributed by atoms with Crippen LogP contribution in [0.5, 0.6) is 11.5 Å². The van der Waals surface area contributed by atoms with Gasteiger partial charge in [-0.05, 0) is 35.9 Å². The Morgan fingerprint density at radius 3 is 2.67 bits per heavy atom. The topological polar surface area (TPSA) is 67.9 Å². The third-order valence-electron chi connectivity index (χ3n) is 4.42. The summed E-state index contributed by atoms with van der Waals surface area (Å²) >= 11 is 0. The van der Waals surface area contributed by atoms with Crippen molar-refractivity contribution in [1.29, 1.82) is 0 Å². The lowest BCUT2D eigenvalue weighted by molar-refractivity contribution is -0.121. The number of amides is 2. The van der Waals surface area contributed by atoms with Gasteiger partial charge >= 0.3 is 0 Å². The zero-order valence-corrected chi connectivity index (χ0v) is 15.2. The van der Waals surface area contributed by atoms with Crippen molar-refractivity contribution < 1.29 is 23.5 Å². The fraction of sp³-hybridized carbons (Fsp3) is 0.300. The number of hydrogen-bond donors (Lipinski definition) is 1. The maximum absolute atomic E-state index is 13.4. The van der Waals surface area contributed by atoms with Crippen molar-refractivity contribution >= 4 is 17.5 Å². The molecule has 1 heterocycles. The zero-order chi connectivity index (χ0) is 19.4. The molecule has 0 spiro atoms. The van der Waals surface area contributed by atoms with Crippen LogP contribution in [0, 0.1) is 5.82 Å². The molecule has 1 atom stereocenters. The molecule has 0 saturated carbocycles. The van der Waals surface area contributed by atoms with Gasteiger partial charge in [-0.25, -0.2) is 4.39 Å². The number of carbonyl (C=O) groups is 2. The van der Waals surface area contributed by atoms with E-state index in [-0.39, 0.29) is 30.7 Å². The maximum Gasteiger partial charge on any atom is 0.229 e. The Balaban J connectivity index is 1.61. The summed E-state index contributed by atoms with van der Waals surface area (Å²) in [5.74, 6) is 0.407. The number of rotatable bonds is 6. The average molecular weight is 372 g/mol. The first-order valence-corrected chi connectivity index (χ1v) is 8.56. The number of carbonyl (C=O) groups excluding carboxylic acids is 2. The fourth-order valence-corrected chi connectivity index (χ4v) is 3.15. The predicted molar refractivity (Wildman–Crippen MR) is 98.6 cm³/mol. The highest BCUT2D eigenvalue weighted by Crippen LogP contribution is 2.28. The van der Waals surface area contributed by atoms with Crippen LogP contribution in [0.25, 0.3) is 0 Å². The quantitative estimate of drug-likeness (QED) is 0.845. The van der Waals surface area contributed by atoms with E-state index in [4.69, 9.17) is 9.47 Å². The normalized spacial score (nSPS) is 16.3. The lowest BCUT2D eigenvalue weighted by Crippen LogP contribution is -2.38. The van der Waals surface area contributed by atoms with Gasteiger partial charge in [0.1, 0.15) is 5.82 Å². The molecule has 6 nitrogen and oxygen atoms in total. The number of methoxy groups -OCH3 is 2. The number of anilines is 1. The van der Waals surface area contributed by atoms with E-state index in [0.29, 0.717) is 23.7 Å². The standard InChI is InChI=1S/C20H21FN2O4/c1-26-17-7-6-13(8-18(17)27-2)9-19(24)22-15-11-20(25)23(12-15)16-5-3-4-14(21)10-16/h3-8,10,15H,9,11-12H2,1-2H3,(H,22,24)/t15-/m0/s1. The first kappa shape index (κ1) is 18.7. The van der Waals surface area contributed by atoms with E-state index in [1.165, 1.54) is 24.1 Å². The van der Waals surface area contributed by atoms with Crippen LogP contribution in [0.1, 0.15) is 12.0 Å². The molecule has 2 aromatic carbocycles. The second kappa shape index (κ2) is 8.07. The molecule has 142 valence electrons. The van der Waals surface area contributed by atoms with E-state index in [2.05, 4.69) is 5.32 Å². The SMILES string of the molecule is COc1ccc(CC(=O)N[C@H]2CC(=O)N(c3cccc(F)c3)C2)cc1OC.